The fourth-order valence-electron chi connectivity index (χ4n) is 1.66. The third kappa shape index (κ3) is 8.02. The topological polar surface area (TPSA) is 58.2 Å². The second-order valence-electron chi connectivity index (χ2n) is 4.73. The SMILES string of the molecule is CSCC(C)NS(=O)(=O)CCCCNC1CC1. The number of sulfonamides is 1. The van der Waals surface area contributed by atoms with Crippen molar-refractivity contribution in [2.75, 3.05) is 24.3 Å². The largest absolute Gasteiger partial charge is 0.314 e. The maximum Gasteiger partial charge on any atom is 0.211 e. The lowest BCUT2D eigenvalue weighted by Crippen LogP contribution is -2.36. The zero-order valence-electron chi connectivity index (χ0n) is 10.7. The molecular formula is C11H24N2O2S2. The first-order valence-electron chi connectivity index (χ1n) is 6.26. The molecule has 0 saturated heterocycles. The first-order valence-corrected chi connectivity index (χ1v) is 9.30. The standard InChI is InChI=1S/C11H24N2O2S2/c1-10(9-16-2)13-17(14,15)8-4-3-7-12-11-5-6-11/h10-13H,3-9H2,1-2H3. The Kier molecular flexibility index (Phi) is 6.84. The number of nitrogens with one attached hydrogen (secondary N) is 2. The Hall–Kier alpha value is 0.220. The van der Waals surface area contributed by atoms with E-state index in [9.17, 15) is 8.42 Å². The van der Waals surface area contributed by atoms with E-state index in [0.717, 1.165) is 25.1 Å². The Morgan fingerprint density at radius 2 is 2.06 bits per heavy atom. The highest BCUT2D eigenvalue weighted by atomic mass is 32.2. The van der Waals surface area contributed by atoms with Gasteiger partial charge in [-0.05, 0) is 45.4 Å². The Balaban J connectivity index is 2.05. The van der Waals surface area contributed by atoms with Gasteiger partial charge in [0.15, 0.2) is 0 Å². The van der Waals surface area contributed by atoms with Crippen molar-refractivity contribution < 1.29 is 8.42 Å². The summed E-state index contributed by atoms with van der Waals surface area (Å²) in [4.78, 5) is 0. The number of unbranched alkanes of at least 4 members (excludes halogenated alkanes) is 1. The molecule has 1 atom stereocenters. The monoisotopic (exact) mass is 280 g/mol. The molecule has 0 radical (unpaired) electrons. The summed E-state index contributed by atoms with van der Waals surface area (Å²) in [6, 6.07) is 0.742. The average molecular weight is 280 g/mol. The van der Waals surface area contributed by atoms with Crippen LogP contribution in [0.25, 0.3) is 0 Å². The van der Waals surface area contributed by atoms with Crippen molar-refractivity contribution in [2.24, 2.45) is 0 Å². The molecule has 4 nitrogen and oxygen atoms in total. The predicted octanol–water partition coefficient (Wildman–Crippen LogP) is 1.19. The van der Waals surface area contributed by atoms with E-state index in [4.69, 9.17) is 0 Å². The lowest BCUT2D eigenvalue weighted by molar-refractivity contribution is 0.563. The number of thioether (sulfide) groups is 1. The van der Waals surface area contributed by atoms with Gasteiger partial charge in [0.25, 0.3) is 0 Å². The zero-order valence-corrected chi connectivity index (χ0v) is 12.4. The van der Waals surface area contributed by atoms with E-state index in [1.54, 1.807) is 11.8 Å². The smallest absolute Gasteiger partial charge is 0.211 e. The molecule has 6 heteroatoms. The quantitative estimate of drug-likeness (QED) is 0.590. The Morgan fingerprint density at radius 3 is 2.65 bits per heavy atom. The van der Waals surface area contributed by atoms with E-state index in [1.807, 2.05) is 13.2 Å². The van der Waals surface area contributed by atoms with Gasteiger partial charge in [-0.3, -0.25) is 0 Å². The van der Waals surface area contributed by atoms with E-state index in [-0.39, 0.29) is 11.8 Å². The lowest BCUT2D eigenvalue weighted by atomic mass is 10.3. The van der Waals surface area contributed by atoms with Crippen LogP contribution in [0.15, 0.2) is 0 Å². The van der Waals surface area contributed by atoms with Crippen molar-refractivity contribution in [2.45, 2.75) is 44.7 Å². The highest BCUT2D eigenvalue weighted by molar-refractivity contribution is 7.98. The van der Waals surface area contributed by atoms with Gasteiger partial charge in [0.2, 0.25) is 10.0 Å². The van der Waals surface area contributed by atoms with Crippen molar-refractivity contribution in [3.05, 3.63) is 0 Å². The summed E-state index contributed by atoms with van der Waals surface area (Å²) in [7, 11) is -3.08. The average Bonchev–Trinajstić information content (AvgIpc) is 3.00. The minimum Gasteiger partial charge on any atom is -0.314 e. The molecule has 0 aromatic heterocycles. The second-order valence-corrected chi connectivity index (χ2v) is 7.51. The van der Waals surface area contributed by atoms with Gasteiger partial charge in [0.05, 0.1) is 5.75 Å². The lowest BCUT2D eigenvalue weighted by Gasteiger charge is -2.12. The van der Waals surface area contributed by atoms with E-state index >= 15 is 0 Å². The van der Waals surface area contributed by atoms with Crippen LogP contribution in [-0.2, 0) is 10.0 Å². The Labute approximate surface area is 109 Å². The van der Waals surface area contributed by atoms with Gasteiger partial charge in [-0.25, -0.2) is 13.1 Å². The van der Waals surface area contributed by atoms with Crippen LogP contribution in [-0.4, -0.2) is 44.8 Å². The van der Waals surface area contributed by atoms with Gasteiger partial charge in [-0.2, -0.15) is 11.8 Å². The molecule has 1 unspecified atom stereocenters. The van der Waals surface area contributed by atoms with E-state index in [1.165, 1.54) is 12.8 Å². The zero-order chi connectivity index (χ0) is 12.7. The summed E-state index contributed by atoms with van der Waals surface area (Å²) in [6.45, 7) is 2.85. The molecule has 102 valence electrons. The van der Waals surface area contributed by atoms with Gasteiger partial charge in [-0.1, -0.05) is 0 Å². The second kappa shape index (κ2) is 7.61. The Bertz CT molecular complexity index is 303. The predicted molar refractivity (Wildman–Crippen MR) is 75.0 cm³/mol. The first kappa shape index (κ1) is 15.3. The molecule has 0 bridgehead atoms. The number of hydrogen-bond acceptors (Lipinski definition) is 4. The summed E-state index contributed by atoms with van der Waals surface area (Å²) in [5.41, 5.74) is 0. The van der Waals surface area contributed by atoms with Crippen LogP contribution in [0.3, 0.4) is 0 Å². The van der Waals surface area contributed by atoms with E-state index < -0.39 is 10.0 Å². The van der Waals surface area contributed by atoms with Crippen LogP contribution in [0, 0.1) is 0 Å². The van der Waals surface area contributed by atoms with E-state index in [2.05, 4.69) is 10.0 Å². The van der Waals surface area contributed by atoms with Crippen LogP contribution < -0.4 is 10.0 Å². The van der Waals surface area contributed by atoms with Gasteiger partial charge in [-0.15, -0.1) is 0 Å². The highest BCUT2D eigenvalue weighted by Crippen LogP contribution is 2.18. The molecule has 0 aliphatic heterocycles. The normalized spacial score (nSPS) is 18.2. The van der Waals surface area contributed by atoms with Crippen molar-refractivity contribution in [3.63, 3.8) is 0 Å². The third-order valence-electron chi connectivity index (χ3n) is 2.65. The molecule has 1 rings (SSSR count). The summed E-state index contributed by atoms with van der Waals surface area (Å²) in [5.74, 6) is 1.07. The van der Waals surface area contributed by atoms with Crippen molar-refractivity contribution >= 4 is 21.8 Å². The van der Waals surface area contributed by atoms with Crippen molar-refractivity contribution in [1.82, 2.24) is 10.0 Å². The minimum atomic E-state index is -3.08. The molecule has 0 spiro atoms. The molecular weight excluding hydrogens is 256 g/mol. The van der Waals surface area contributed by atoms with Crippen molar-refractivity contribution in [3.8, 4) is 0 Å². The van der Waals surface area contributed by atoms with Crippen LogP contribution in [0.1, 0.15) is 32.6 Å². The summed E-state index contributed by atoms with van der Waals surface area (Å²) in [5, 5.41) is 3.39. The summed E-state index contributed by atoms with van der Waals surface area (Å²) >= 11 is 1.66. The maximum absolute atomic E-state index is 11.7. The maximum atomic E-state index is 11.7. The minimum absolute atomic E-state index is 0.0274. The number of rotatable bonds is 10. The third-order valence-corrected chi connectivity index (χ3v) is 5.07. The Morgan fingerprint density at radius 1 is 1.35 bits per heavy atom. The summed E-state index contributed by atoms with van der Waals surface area (Å²) < 4.78 is 26.1. The van der Waals surface area contributed by atoms with Gasteiger partial charge < -0.3 is 5.32 Å². The fourth-order valence-corrected chi connectivity index (χ4v) is 3.75. The summed E-state index contributed by atoms with van der Waals surface area (Å²) in [6.07, 6.45) is 6.22. The molecule has 0 amide bonds. The molecule has 1 aliphatic carbocycles. The van der Waals surface area contributed by atoms with Crippen LogP contribution in [0.4, 0.5) is 0 Å². The van der Waals surface area contributed by atoms with Crippen LogP contribution in [0.2, 0.25) is 0 Å². The van der Waals surface area contributed by atoms with Crippen LogP contribution >= 0.6 is 11.8 Å². The molecule has 0 aromatic rings. The molecule has 0 aromatic carbocycles. The molecule has 1 fully saturated rings. The fraction of sp³-hybridized carbons (Fsp3) is 1.00. The van der Waals surface area contributed by atoms with Gasteiger partial charge in [0.1, 0.15) is 0 Å². The molecule has 1 saturated carbocycles. The molecule has 2 N–H and O–H groups in total. The van der Waals surface area contributed by atoms with Crippen LogP contribution in [0.5, 0.6) is 0 Å². The first-order chi connectivity index (χ1) is 8.03. The number of hydrogen-bond donors (Lipinski definition) is 2. The van der Waals surface area contributed by atoms with E-state index in [0.29, 0.717) is 6.04 Å². The van der Waals surface area contributed by atoms with Gasteiger partial charge in [0, 0.05) is 17.8 Å². The molecule has 1 aliphatic rings. The molecule has 0 heterocycles. The highest BCUT2D eigenvalue weighted by Gasteiger charge is 2.19. The van der Waals surface area contributed by atoms with Gasteiger partial charge >= 0.3 is 0 Å². The van der Waals surface area contributed by atoms with Crippen molar-refractivity contribution in [1.29, 1.82) is 0 Å². The molecule has 17 heavy (non-hydrogen) atoms.